The van der Waals surface area contributed by atoms with Crippen molar-refractivity contribution in [2.24, 2.45) is 0 Å². The van der Waals surface area contributed by atoms with Gasteiger partial charge in [0.1, 0.15) is 6.04 Å². The number of nitriles is 1. The van der Waals surface area contributed by atoms with Crippen LogP contribution in [-0.2, 0) is 16.8 Å². The molecule has 1 N–H and O–H groups in total. The van der Waals surface area contributed by atoms with Gasteiger partial charge in [-0.3, -0.25) is 24.3 Å². The number of pyridine rings is 1. The second kappa shape index (κ2) is 8.67. The van der Waals surface area contributed by atoms with Crippen LogP contribution in [0.1, 0.15) is 51.4 Å². The van der Waals surface area contributed by atoms with Crippen molar-refractivity contribution in [3.63, 3.8) is 0 Å². The third-order valence-corrected chi connectivity index (χ3v) is 5.67. The standard InChI is InChI=1S/C26H22N4O3/c1-26(2,22-12-5-6-13-28-22)29-23(31)21(15-17-8-7-9-18(14-17)16-27)30-24(32)19-10-3-4-11-20(19)25(30)33/h3-14,21H,15H2,1-2H3,(H,29,31)/t21-/m0/s1. The molecular formula is C26H22N4O3. The Morgan fingerprint density at radius 2 is 1.70 bits per heavy atom. The number of nitrogens with one attached hydrogen (secondary N) is 1. The fourth-order valence-electron chi connectivity index (χ4n) is 3.97. The molecule has 0 saturated carbocycles. The molecule has 33 heavy (non-hydrogen) atoms. The lowest BCUT2D eigenvalue weighted by Gasteiger charge is -2.31. The monoisotopic (exact) mass is 438 g/mol. The maximum atomic E-state index is 13.6. The smallest absolute Gasteiger partial charge is 0.262 e. The number of carbonyl (C=O) groups is 3. The number of aromatic nitrogens is 1. The first-order valence-corrected chi connectivity index (χ1v) is 10.5. The lowest BCUT2D eigenvalue weighted by Crippen LogP contribution is -2.54. The molecule has 0 saturated heterocycles. The van der Waals surface area contributed by atoms with E-state index in [2.05, 4.69) is 16.4 Å². The second-order valence-electron chi connectivity index (χ2n) is 8.39. The van der Waals surface area contributed by atoms with Crippen molar-refractivity contribution in [1.82, 2.24) is 15.2 Å². The van der Waals surface area contributed by atoms with Crippen molar-refractivity contribution in [3.8, 4) is 6.07 Å². The molecule has 7 heteroatoms. The van der Waals surface area contributed by atoms with Crippen molar-refractivity contribution < 1.29 is 14.4 Å². The zero-order valence-electron chi connectivity index (χ0n) is 18.3. The van der Waals surface area contributed by atoms with E-state index < -0.39 is 29.3 Å². The Labute approximate surface area is 191 Å². The van der Waals surface area contributed by atoms with Gasteiger partial charge in [0.2, 0.25) is 5.91 Å². The molecule has 1 aliphatic rings. The Morgan fingerprint density at radius 1 is 1.03 bits per heavy atom. The Bertz CT molecular complexity index is 1240. The molecule has 0 bridgehead atoms. The Morgan fingerprint density at radius 3 is 2.30 bits per heavy atom. The highest BCUT2D eigenvalue weighted by Gasteiger charge is 2.43. The molecule has 7 nitrogen and oxygen atoms in total. The van der Waals surface area contributed by atoms with Crippen LogP contribution in [0.3, 0.4) is 0 Å². The molecule has 2 aromatic carbocycles. The van der Waals surface area contributed by atoms with Crippen LogP contribution >= 0.6 is 0 Å². The van der Waals surface area contributed by atoms with Gasteiger partial charge in [0.15, 0.2) is 0 Å². The summed E-state index contributed by atoms with van der Waals surface area (Å²) in [5.41, 5.74) is 1.45. The zero-order chi connectivity index (χ0) is 23.6. The average Bonchev–Trinajstić information content (AvgIpc) is 3.08. The normalized spacial score (nSPS) is 13.9. The number of rotatable bonds is 6. The quantitative estimate of drug-likeness (QED) is 0.595. The lowest BCUT2D eigenvalue weighted by atomic mass is 9.97. The minimum Gasteiger partial charge on any atom is -0.344 e. The average molecular weight is 438 g/mol. The van der Waals surface area contributed by atoms with Crippen LogP contribution in [0.4, 0.5) is 0 Å². The minimum atomic E-state index is -1.10. The minimum absolute atomic E-state index is 0.0745. The molecule has 2 heterocycles. The van der Waals surface area contributed by atoms with Gasteiger partial charge in [-0.1, -0.05) is 30.3 Å². The molecule has 0 unspecified atom stereocenters. The first-order valence-electron chi connectivity index (χ1n) is 10.5. The predicted molar refractivity (Wildman–Crippen MR) is 121 cm³/mol. The van der Waals surface area contributed by atoms with Crippen molar-refractivity contribution in [1.29, 1.82) is 5.26 Å². The Balaban J connectivity index is 1.70. The van der Waals surface area contributed by atoms with Gasteiger partial charge in [-0.25, -0.2) is 0 Å². The fourth-order valence-corrected chi connectivity index (χ4v) is 3.97. The van der Waals surface area contributed by atoms with Gasteiger partial charge >= 0.3 is 0 Å². The molecule has 0 radical (unpaired) electrons. The molecular weight excluding hydrogens is 416 g/mol. The van der Waals surface area contributed by atoms with E-state index in [0.717, 1.165) is 4.90 Å². The Hall–Kier alpha value is -4.31. The van der Waals surface area contributed by atoms with Crippen LogP contribution in [0.15, 0.2) is 72.9 Å². The zero-order valence-corrected chi connectivity index (χ0v) is 18.3. The van der Waals surface area contributed by atoms with E-state index >= 15 is 0 Å². The molecule has 4 rings (SSSR count). The van der Waals surface area contributed by atoms with E-state index in [0.29, 0.717) is 16.8 Å². The largest absolute Gasteiger partial charge is 0.344 e. The van der Waals surface area contributed by atoms with Gasteiger partial charge in [0.25, 0.3) is 11.8 Å². The van der Waals surface area contributed by atoms with Crippen LogP contribution in [0.2, 0.25) is 0 Å². The highest BCUT2D eigenvalue weighted by atomic mass is 16.2. The molecule has 0 spiro atoms. The molecule has 1 aromatic heterocycles. The molecule has 164 valence electrons. The summed E-state index contributed by atoms with van der Waals surface area (Å²) in [5.74, 6) is -1.51. The van der Waals surface area contributed by atoms with E-state index in [9.17, 15) is 19.6 Å². The van der Waals surface area contributed by atoms with Gasteiger partial charge < -0.3 is 5.32 Å². The maximum absolute atomic E-state index is 13.6. The van der Waals surface area contributed by atoms with Crippen LogP contribution in [0, 0.1) is 11.3 Å². The summed E-state index contributed by atoms with van der Waals surface area (Å²) in [4.78, 5) is 45.2. The summed E-state index contributed by atoms with van der Waals surface area (Å²) in [6, 6.07) is 19.7. The predicted octanol–water partition coefficient (Wildman–Crippen LogP) is 3.21. The van der Waals surface area contributed by atoms with Crippen molar-refractivity contribution in [3.05, 3.63) is 101 Å². The van der Waals surface area contributed by atoms with Crippen molar-refractivity contribution >= 4 is 17.7 Å². The number of hydrogen-bond donors (Lipinski definition) is 1. The van der Waals surface area contributed by atoms with Gasteiger partial charge in [0.05, 0.1) is 34.0 Å². The molecule has 3 amide bonds. The maximum Gasteiger partial charge on any atom is 0.262 e. The summed E-state index contributed by atoms with van der Waals surface area (Å²) in [6.45, 7) is 3.62. The number of amides is 3. The van der Waals surface area contributed by atoms with Gasteiger partial charge in [-0.2, -0.15) is 5.26 Å². The molecule has 3 aromatic rings. The van der Waals surface area contributed by atoms with Gasteiger partial charge in [-0.05, 0) is 55.8 Å². The highest BCUT2D eigenvalue weighted by Crippen LogP contribution is 2.27. The number of carbonyl (C=O) groups excluding carboxylic acids is 3. The summed E-state index contributed by atoms with van der Waals surface area (Å²) in [5, 5.41) is 12.2. The number of imide groups is 1. The third-order valence-electron chi connectivity index (χ3n) is 5.67. The van der Waals surface area contributed by atoms with E-state index in [1.54, 1.807) is 66.9 Å². The van der Waals surface area contributed by atoms with Gasteiger partial charge in [0, 0.05) is 12.6 Å². The van der Waals surface area contributed by atoms with E-state index in [-0.39, 0.29) is 17.5 Å². The highest BCUT2D eigenvalue weighted by molar-refractivity contribution is 6.22. The summed E-state index contributed by atoms with van der Waals surface area (Å²) >= 11 is 0. The Kier molecular flexibility index (Phi) is 5.76. The summed E-state index contributed by atoms with van der Waals surface area (Å²) in [6.07, 6.45) is 1.71. The summed E-state index contributed by atoms with van der Waals surface area (Å²) in [7, 11) is 0. The first-order chi connectivity index (χ1) is 15.8. The number of nitrogens with zero attached hydrogens (tertiary/aromatic N) is 3. The number of benzene rings is 2. The third kappa shape index (κ3) is 4.23. The molecule has 0 aliphatic carbocycles. The number of fused-ring (bicyclic) bond motifs is 1. The van der Waals surface area contributed by atoms with Crippen molar-refractivity contribution in [2.75, 3.05) is 0 Å². The second-order valence-corrected chi connectivity index (χ2v) is 8.39. The fraction of sp³-hybridized carbons (Fsp3) is 0.192. The molecule has 0 fully saturated rings. The van der Waals surface area contributed by atoms with Crippen LogP contribution in [-0.4, -0.2) is 33.6 Å². The number of hydrogen-bond acceptors (Lipinski definition) is 5. The van der Waals surface area contributed by atoms with Crippen molar-refractivity contribution in [2.45, 2.75) is 31.8 Å². The van der Waals surface area contributed by atoms with Crippen LogP contribution < -0.4 is 5.32 Å². The van der Waals surface area contributed by atoms with Crippen LogP contribution in [0.25, 0.3) is 0 Å². The topological polar surface area (TPSA) is 103 Å². The van der Waals surface area contributed by atoms with Gasteiger partial charge in [-0.15, -0.1) is 0 Å². The first kappa shape index (κ1) is 21.9. The SMILES string of the molecule is CC(C)(NC(=O)[C@H](Cc1cccc(C#N)c1)N1C(=O)c2ccccc2C1=O)c1ccccn1. The summed E-state index contributed by atoms with van der Waals surface area (Å²) < 4.78 is 0. The van der Waals surface area contributed by atoms with E-state index in [4.69, 9.17) is 0 Å². The van der Waals surface area contributed by atoms with E-state index in [1.807, 2.05) is 19.9 Å². The lowest BCUT2D eigenvalue weighted by molar-refractivity contribution is -0.126. The molecule has 1 aliphatic heterocycles. The molecule has 1 atom stereocenters. The van der Waals surface area contributed by atoms with Crippen LogP contribution in [0.5, 0.6) is 0 Å². The van der Waals surface area contributed by atoms with E-state index in [1.165, 1.54) is 0 Å².